The maximum absolute atomic E-state index is 13.0. The van der Waals surface area contributed by atoms with Gasteiger partial charge in [-0.25, -0.2) is 0 Å². The van der Waals surface area contributed by atoms with E-state index < -0.39 is 11.8 Å². The molecule has 0 aromatic heterocycles. The third-order valence-electron chi connectivity index (χ3n) is 4.41. The van der Waals surface area contributed by atoms with Crippen LogP contribution in [0.1, 0.15) is 5.56 Å². The van der Waals surface area contributed by atoms with E-state index in [0.717, 1.165) is 0 Å². The Morgan fingerprint density at radius 2 is 1.50 bits per heavy atom. The highest BCUT2D eigenvalue weighted by Gasteiger charge is 2.34. The molecule has 0 spiro atoms. The summed E-state index contributed by atoms with van der Waals surface area (Å²) in [6.45, 7) is 0. The summed E-state index contributed by atoms with van der Waals surface area (Å²) >= 11 is 5.21. The second-order valence-corrected chi connectivity index (χ2v) is 6.81. The molecule has 3 aromatic carbocycles. The first-order chi connectivity index (χ1) is 14.5. The van der Waals surface area contributed by atoms with E-state index in [4.69, 9.17) is 17.0 Å². The monoisotopic (exact) mass is 416 g/mol. The molecule has 1 heterocycles. The Hall–Kier alpha value is -3.97. The topological polar surface area (TPSA) is 78.9 Å². The first kappa shape index (κ1) is 19.4. The molecule has 0 radical (unpaired) electrons. The van der Waals surface area contributed by atoms with Crippen molar-refractivity contribution < 1.29 is 19.4 Å². The van der Waals surface area contributed by atoms with Gasteiger partial charge in [0, 0.05) is 5.56 Å². The highest BCUT2D eigenvalue weighted by atomic mass is 32.1. The number of phenolic OH excluding ortho intramolecular Hbond substituents is 1. The molecular formula is C23H16N2O4S. The van der Waals surface area contributed by atoms with E-state index in [9.17, 15) is 14.7 Å². The van der Waals surface area contributed by atoms with Crippen LogP contribution in [-0.4, -0.2) is 22.0 Å². The molecule has 0 bridgehead atoms. The van der Waals surface area contributed by atoms with Crippen LogP contribution in [0.5, 0.6) is 17.2 Å². The lowest BCUT2D eigenvalue weighted by Crippen LogP contribution is -2.54. The van der Waals surface area contributed by atoms with Gasteiger partial charge in [0.15, 0.2) is 5.11 Å². The van der Waals surface area contributed by atoms with Gasteiger partial charge in [-0.15, -0.1) is 0 Å². The summed E-state index contributed by atoms with van der Waals surface area (Å²) in [7, 11) is 0. The largest absolute Gasteiger partial charge is 0.507 e. The minimum Gasteiger partial charge on any atom is -0.507 e. The van der Waals surface area contributed by atoms with Crippen LogP contribution in [-0.2, 0) is 9.59 Å². The normalized spacial score (nSPS) is 15.3. The summed E-state index contributed by atoms with van der Waals surface area (Å²) in [5.41, 5.74) is 0.707. The van der Waals surface area contributed by atoms with Gasteiger partial charge in [-0.1, -0.05) is 36.4 Å². The lowest BCUT2D eigenvalue weighted by atomic mass is 10.1. The minimum absolute atomic E-state index is 0.0174. The third kappa shape index (κ3) is 3.92. The summed E-state index contributed by atoms with van der Waals surface area (Å²) < 4.78 is 5.76. The van der Waals surface area contributed by atoms with E-state index in [2.05, 4.69) is 5.32 Å². The summed E-state index contributed by atoms with van der Waals surface area (Å²) in [5.74, 6) is 0.0503. The molecule has 1 saturated heterocycles. The molecule has 1 aliphatic heterocycles. The van der Waals surface area contributed by atoms with Gasteiger partial charge in [-0.2, -0.15) is 0 Å². The smallest absolute Gasteiger partial charge is 0.270 e. The van der Waals surface area contributed by atoms with Crippen LogP contribution in [0, 0.1) is 0 Å². The van der Waals surface area contributed by atoms with Crippen LogP contribution in [0.25, 0.3) is 6.08 Å². The molecule has 1 aliphatic rings. The van der Waals surface area contributed by atoms with Crippen LogP contribution in [0.3, 0.4) is 0 Å². The zero-order valence-electron chi connectivity index (χ0n) is 15.6. The number of para-hydroxylation sites is 2. The summed E-state index contributed by atoms with van der Waals surface area (Å²) in [6, 6.07) is 22.5. The van der Waals surface area contributed by atoms with Crippen molar-refractivity contribution in [2.24, 2.45) is 0 Å². The van der Waals surface area contributed by atoms with Gasteiger partial charge in [0.1, 0.15) is 22.8 Å². The highest BCUT2D eigenvalue weighted by molar-refractivity contribution is 7.80. The van der Waals surface area contributed by atoms with Crippen LogP contribution in [0.4, 0.5) is 5.69 Å². The zero-order valence-corrected chi connectivity index (χ0v) is 16.4. The molecule has 2 amide bonds. The Morgan fingerprint density at radius 3 is 2.20 bits per heavy atom. The number of nitrogens with one attached hydrogen (secondary N) is 1. The number of rotatable bonds is 4. The molecule has 7 heteroatoms. The van der Waals surface area contributed by atoms with E-state index in [1.807, 2.05) is 30.3 Å². The number of hydrogen-bond donors (Lipinski definition) is 2. The lowest BCUT2D eigenvalue weighted by Gasteiger charge is -2.29. The highest BCUT2D eigenvalue weighted by Crippen LogP contribution is 2.28. The quantitative estimate of drug-likeness (QED) is 0.382. The van der Waals surface area contributed by atoms with Crippen LogP contribution in [0.15, 0.2) is 84.4 Å². The van der Waals surface area contributed by atoms with Crippen LogP contribution in [0.2, 0.25) is 0 Å². The van der Waals surface area contributed by atoms with Crippen molar-refractivity contribution in [3.05, 3.63) is 90.0 Å². The molecule has 4 rings (SSSR count). The molecule has 148 valence electrons. The van der Waals surface area contributed by atoms with E-state index in [1.54, 1.807) is 42.5 Å². The first-order valence-electron chi connectivity index (χ1n) is 9.05. The average molecular weight is 416 g/mol. The predicted molar refractivity (Wildman–Crippen MR) is 117 cm³/mol. The molecule has 6 nitrogen and oxygen atoms in total. The molecule has 3 aromatic rings. The van der Waals surface area contributed by atoms with E-state index in [-0.39, 0.29) is 16.4 Å². The van der Waals surface area contributed by atoms with Crippen LogP contribution < -0.4 is 15.0 Å². The molecule has 0 atom stereocenters. The van der Waals surface area contributed by atoms with Crippen molar-refractivity contribution in [2.75, 3.05) is 4.90 Å². The molecule has 0 unspecified atom stereocenters. The lowest BCUT2D eigenvalue weighted by molar-refractivity contribution is -0.122. The summed E-state index contributed by atoms with van der Waals surface area (Å²) in [6.07, 6.45) is 1.34. The number of ether oxygens (including phenoxy) is 1. The second kappa shape index (κ2) is 8.18. The SMILES string of the molecule is O=C1NC(=S)N(c2ccc(Oc3ccccc3)cc2)C(=O)C1=Cc1ccccc1O. The molecular weight excluding hydrogens is 400 g/mol. The van der Waals surface area contributed by atoms with Crippen molar-refractivity contribution >= 4 is 40.9 Å². The standard InChI is InChI=1S/C23H16N2O4S/c26-20-9-5-4-6-15(20)14-19-21(27)24-23(30)25(22(19)28)16-10-12-18(13-11-16)29-17-7-2-1-3-8-17/h1-14,26H,(H,24,27,30). The second-order valence-electron chi connectivity index (χ2n) is 6.43. The Kier molecular flexibility index (Phi) is 5.28. The number of benzene rings is 3. The maximum Gasteiger partial charge on any atom is 0.270 e. The Balaban J connectivity index is 1.61. The molecule has 1 fully saturated rings. The number of hydrogen-bond acceptors (Lipinski definition) is 5. The van der Waals surface area contributed by atoms with Crippen molar-refractivity contribution in [2.45, 2.75) is 0 Å². The van der Waals surface area contributed by atoms with Gasteiger partial charge >= 0.3 is 0 Å². The maximum atomic E-state index is 13.0. The molecule has 30 heavy (non-hydrogen) atoms. The summed E-state index contributed by atoms with van der Waals surface area (Å²) in [4.78, 5) is 26.6. The Morgan fingerprint density at radius 1 is 0.867 bits per heavy atom. The number of aromatic hydroxyl groups is 1. The average Bonchev–Trinajstić information content (AvgIpc) is 2.74. The molecule has 2 N–H and O–H groups in total. The third-order valence-corrected chi connectivity index (χ3v) is 4.70. The zero-order chi connectivity index (χ0) is 21.1. The fraction of sp³-hybridized carbons (Fsp3) is 0. The number of carbonyl (C=O) groups excluding carboxylic acids is 2. The number of anilines is 1. The number of carbonyl (C=O) groups is 2. The summed E-state index contributed by atoms with van der Waals surface area (Å²) in [5, 5.41) is 12.5. The predicted octanol–water partition coefficient (Wildman–Crippen LogP) is 4.02. The van der Waals surface area contributed by atoms with Gasteiger partial charge in [0.2, 0.25) is 0 Å². The first-order valence-corrected chi connectivity index (χ1v) is 9.46. The molecule has 0 aliphatic carbocycles. The fourth-order valence-corrected chi connectivity index (χ4v) is 3.23. The van der Waals surface area contributed by atoms with Gasteiger partial charge in [-0.05, 0) is 60.8 Å². The van der Waals surface area contributed by atoms with Crippen molar-refractivity contribution in [3.8, 4) is 17.2 Å². The van der Waals surface area contributed by atoms with Gasteiger partial charge < -0.3 is 9.84 Å². The van der Waals surface area contributed by atoms with Crippen molar-refractivity contribution in [1.82, 2.24) is 5.32 Å². The van der Waals surface area contributed by atoms with E-state index in [0.29, 0.717) is 22.7 Å². The van der Waals surface area contributed by atoms with E-state index in [1.165, 1.54) is 17.0 Å². The van der Waals surface area contributed by atoms with Crippen LogP contribution >= 0.6 is 12.2 Å². The van der Waals surface area contributed by atoms with Crippen molar-refractivity contribution in [3.63, 3.8) is 0 Å². The Labute approximate surface area is 178 Å². The minimum atomic E-state index is -0.617. The van der Waals surface area contributed by atoms with Crippen molar-refractivity contribution in [1.29, 1.82) is 0 Å². The number of thiocarbonyl (C=S) groups is 1. The number of nitrogens with zero attached hydrogens (tertiary/aromatic N) is 1. The van der Waals surface area contributed by atoms with E-state index >= 15 is 0 Å². The fourth-order valence-electron chi connectivity index (χ4n) is 2.94. The van der Waals surface area contributed by atoms with Gasteiger partial charge in [0.25, 0.3) is 11.8 Å². The number of amides is 2. The van der Waals surface area contributed by atoms with Gasteiger partial charge in [0.05, 0.1) is 5.69 Å². The number of phenols is 1. The van der Waals surface area contributed by atoms with Gasteiger partial charge in [-0.3, -0.25) is 19.8 Å². The molecule has 0 saturated carbocycles. The Bertz CT molecular complexity index is 1160.